The largest absolute Gasteiger partial charge is 0.258 e. The third-order valence-corrected chi connectivity index (χ3v) is 4.01. The Hall–Kier alpha value is -1.46. The topological polar surface area (TPSA) is 43.6 Å². The van der Waals surface area contributed by atoms with E-state index < -0.39 is 0 Å². The normalized spacial score (nSPS) is 11.2. The summed E-state index contributed by atoms with van der Waals surface area (Å²) in [7, 11) is 1.95. The van der Waals surface area contributed by atoms with Crippen LogP contribution in [0.15, 0.2) is 18.2 Å². The molecule has 0 atom stereocenters. The molecule has 4 nitrogen and oxygen atoms in total. The van der Waals surface area contributed by atoms with Crippen molar-refractivity contribution in [3.63, 3.8) is 0 Å². The van der Waals surface area contributed by atoms with Crippen molar-refractivity contribution >= 4 is 33.2 Å². The van der Waals surface area contributed by atoms with Gasteiger partial charge in [0.05, 0.1) is 10.6 Å². The van der Waals surface area contributed by atoms with E-state index in [0.29, 0.717) is 5.15 Å². The molecule has 0 aliphatic rings. The summed E-state index contributed by atoms with van der Waals surface area (Å²) in [6.07, 6.45) is 0. The van der Waals surface area contributed by atoms with Crippen LogP contribution in [0.2, 0.25) is 5.15 Å². The van der Waals surface area contributed by atoms with Crippen LogP contribution in [0.4, 0.5) is 0 Å². The van der Waals surface area contributed by atoms with E-state index in [1.54, 1.807) is 17.4 Å². The van der Waals surface area contributed by atoms with Gasteiger partial charge in [0, 0.05) is 12.4 Å². The lowest BCUT2D eigenvalue weighted by Crippen LogP contribution is -1.88. The minimum absolute atomic E-state index is 0.410. The second-order valence-corrected chi connectivity index (χ2v) is 5.20. The van der Waals surface area contributed by atoms with Gasteiger partial charge in [-0.3, -0.25) is 4.68 Å². The number of hydrogen-bond donors (Lipinski definition) is 0. The van der Waals surface area contributed by atoms with Gasteiger partial charge in [0.25, 0.3) is 0 Å². The highest BCUT2D eigenvalue weighted by molar-refractivity contribution is 7.21. The van der Waals surface area contributed by atoms with Gasteiger partial charge in [-0.25, -0.2) is 0 Å². The fourth-order valence-electron chi connectivity index (χ4n) is 1.78. The van der Waals surface area contributed by atoms with Gasteiger partial charge in [0.2, 0.25) is 0 Å². The van der Waals surface area contributed by atoms with Crippen LogP contribution in [0.25, 0.3) is 20.8 Å². The van der Waals surface area contributed by atoms with E-state index in [1.807, 2.05) is 24.7 Å². The molecule has 3 rings (SSSR count). The first kappa shape index (κ1) is 10.7. The van der Waals surface area contributed by atoms with Gasteiger partial charge in [-0.1, -0.05) is 11.6 Å². The van der Waals surface area contributed by atoms with Gasteiger partial charge in [-0.15, -0.1) is 21.5 Å². The molecule has 6 heteroatoms. The Bertz CT molecular complexity index is 649. The molecular formula is C11H9ClN4S. The maximum absolute atomic E-state index is 5.72. The van der Waals surface area contributed by atoms with E-state index in [9.17, 15) is 0 Å². The van der Waals surface area contributed by atoms with Crippen LogP contribution in [-0.4, -0.2) is 20.0 Å². The highest BCUT2D eigenvalue weighted by atomic mass is 35.5. The number of aryl methyl sites for hydroxylation is 2. The molecule has 0 saturated heterocycles. The zero-order valence-electron chi connectivity index (χ0n) is 9.31. The molecule has 0 amide bonds. The number of thiophene rings is 1. The lowest BCUT2D eigenvalue weighted by atomic mass is 10.2. The zero-order valence-corrected chi connectivity index (χ0v) is 10.9. The lowest BCUT2D eigenvalue weighted by molar-refractivity contribution is 0.788. The molecular weight excluding hydrogens is 256 g/mol. The second kappa shape index (κ2) is 3.78. The Labute approximate surface area is 107 Å². The van der Waals surface area contributed by atoms with Gasteiger partial charge in [-0.05, 0) is 25.1 Å². The summed E-state index contributed by atoms with van der Waals surface area (Å²) in [6.45, 7) is 2.01. The van der Waals surface area contributed by atoms with E-state index in [-0.39, 0.29) is 0 Å². The molecule has 3 aromatic rings. The molecule has 0 aliphatic carbocycles. The van der Waals surface area contributed by atoms with Crippen LogP contribution in [0.5, 0.6) is 0 Å². The van der Waals surface area contributed by atoms with Crippen molar-refractivity contribution in [3.05, 3.63) is 29.0 Å². The monoisotopic (exact) mass is 264 g/mol. The van der Waals surface area contributed by atoms with Crippen molar-refractivity contribution in [1.29, 1.82) is 0 Å². The zero-order chi connectivity index (χ0) is 12.0. The molecule has 0 N–H and O–H groups in total. The number of aromatic nitrogens is 4. The maximum Gasteiger partial charge on any atom is 0.151 e. The summed E-state index contributed by atoms with van der Waals surface area (Å²) in [5, 5.41) is 13.9. The standard InChI is InChI=1S/C11H9ClN4S/c1-6-7-5-9(17-11(7)16(2)15-6)8-3-4-10(12)14-13-8/h3-5H,1-2H3. The first-order valence-electron chi connectivity index (χ1n) is 5.08. The van der Waals surface area contributed by atoms with E-state index in [0.717, 1.165) is 21.1 Å². The van der Waals surface area contributed by atoms with E-state index in [2.05, 4.69) is 21.4 Å². The molecule has 0 fully saturated rings. The summed E-state index contributed by atoms with van der Waals surface area (Å²) in [5.74, 6) is 0. The van der Waals surface area contributed by atoms with E-state index in [4.69, 9.17) is 11.6 Å². The summed E-state index contributed by atoms with van der Waals surface area (Å²) in [6, 6.07) is 5.72. The number of fused-ring (bicyclic) bond motifs is 1. The van der Waals surface area contributed by atoms with Crippen LogP contribution in [0.3, 0.4) is 0 Å². The second-order valence-electron chi connectivity index (χ2n) is 3.78. The van der Waals surface area contributed by atoms with Crippen LogP contribution in [0, 0.1) is 6.92 Å². The first-order chi connectivity index (χ1) is 8.15. The predicted molar refractivity (Wildman–Crippen MR) is 69.4 cm³/mol. The fraction of sp³-hybridized carbons (Fsp3) is 0.182. The third kappa shape index (κ3) is 1.71. The SMILES string of the molecule is Cc1nn(C)c2sc(-c3ccc(Cl)nn3)cc12. The van der Waals surface area contributed by atoms with Gasteiger partial charge < -0.3 is 0 Å². The average Bonchev–Trinajstić information content (AvgIpc) is 2.83. The van der Waals surface area contributed by atoms with Gasteiger partial charge >= 0.3 is 0 Å². The Morgan fingerprint density at radius 3 is 2.76 bits per heavy atom. The molecule has 3 aromatic heterocycles. The van der Waals surface area contributed by atoms with Crippen LogP contribution in [-0.2, 0) is 7.05 Å². The Kier molecular flexibility index (Phi) is 2.38. The van der Waals surface area contributed by atoms with Crippen molar-refractivity contribution in [2.75, 3.05) is 0 Å². The molecule has 3 heterocycles. The van der Waals surface area contributed by atoms with Gasteiger partial charge in [0.1, 0.15) is 10.5 Å². The minimum Gasteiger partial charge on any atom is -0.258 e. The Morgan fingerprint density at radius 2 is 2.12 bits per heavy atom. The van der Waals surface area contributed by atoms with Gasteiger partial charge in [0.15, 0.2) is 5.15 Å². The van der Waals surface area contributed by atoms with Crippen LogP contribution < -0.4 is 0 Å². The van der Waals surface area contributed by atoms with Crippen molar-refractivity contribution in [3.8, 4) is 10.6 Å². The highest BCUT2D eigenvalue weighted by Gasteiger charge is 2.11. The van der Waals surface area contributed by atoms with E-state index >= 15 is 0 Å². The lowest BCUT2D eigenvalue weighted by Gasteiger charge is -1.94. The number of halogens is 1. The predicted octanol–water partition coefficient (Wildman–Crippen LogP) is 3.05. The van der Waals surface area contributed by atoms with Crippen LogP contribution >= 0.6 is 22.9 Å². The summed E-state index contributed by atoms with van der Waals surface area (Å²) in [5.41, 5.74) is 1.88. The highest BCUT2D eigenvalue weighted by Crippen LogP contribution is 2.33. The molecule has 0 aromatic carbocycles. The molecule has 0 unspecified atom stereocenters. The minimum atomic E-state index is 0.410. The first-order valence-corrected chi connectivity index (χ1v) is 6.27. The van der Waals surface area contributed by atoms with Gasteiger partial charge in [-0.2, -0.15) is 5.10 Å². The summed E-state index contributed by atoms with van der Waals surface area (Å²) < 4.78 is 1.89. The Balaban J connectivity index is 2.18. The smallest absolute Gasteiger partial charge is 0.151 e. The number of hydrogen-bond acceptors (Lipinski definition) is 4. The van der Waals surface area contributed by atoms with Crippen molar-refractivity contribution in [2.24, 2.45) is 7.05 Å². The van der Waals surface area contributed by atoms with Crippen molar-refractivity contribution < 1.29 is 0 Å². The van der Waals surface area contributed by atoms with Crippen molar-refractivity contribution in [2.45, 2.75) is 6.92 Å². The third-order valence-electron chi connectivity index (χ3n) is 2.58. The molecule has 0 aliphatic heterocycles. The molecule has 0 bridgehead atoms. The summed E-state index contributed by atoms with van der Waals surface area (Å²) in [4.78, 5) is 2.23. The Morgan fingerprint density at radius 1 is 1.29 bits per heavy atom. The number of rotatable bonds is 1. The van der Waals surface area contributed by atoms with E-state index in [1.165, 1.54) is 5.39 Å². The van der Waals surface area contributed by atoms with Crippen LogP contribution in [0.1, 0.15) is 5.69 Å². The maximum atomic E-state index is 5.72. The summed E-state index contributed by atoms with van der Waals surface area (Å²) >= 11 is 7.38. The average molecular weight is 265 g/mol. The molecule has 17 heavy (non-hydrogen) atoms. The number of nitrogens with zero attached hydrogens (tertiary/aromatic N) is 4. The fourth-order valence-corrected chi connectivity index (χ4v) is 2.97. The molecule has 0 saturated carbocycles. The molecule has 0 spiro atoms. The molecule has 0 radical (unpaired) electrons. The quantitative estimate of drug-likeness (QED) is 0.678. The molecule has 86 valence electrons. The van der Waals surface area contributed by atoms with Crippen molar-refractivity contribution in [1.82, 2.24) is 20.0 Å².